The van der Waals surface area contributed by atoms with Gasteiger partial charge in [0, 0.05) is 23.1 Å². The van der Waals surface area contributed by atoms with Crippen LogP contribution in [-0.2, 0) is 5.92 Å². The van der Waals surface area contributed by atoms with Crippen molar-refractivity contribution in [2.45, 2.75) is 19.3 Å². The second-order valence-electron chi connectivity index (χ2n) is 7.29. The van der Waals surface area contributed by atoms with E-state index in [0.717, 1.165) is 22.9 Å². The fourth-order valence-electron chi connectivity index (χ4n) is 3.64. The minimum atomic E-state index is -3.13. The Hall–Kier alpha value is -3.65. The number of alkyl halides is 2. The molecule has 160 valence electrons. The van der Waals surface area contributed by atoms with Crippen molar-refractivity contribution >= 4 is 10.8 Å². The number of hydrogen-bond donors (Lipinski definition) is 0. The first-order valence-corrected chi connectivity index (χ1v) is 9.98. The summed E-state index contributed by atoms with van der Waals surface area (Å²) in [6.45, 7) is 1.39. The van der Waals surface area contributed by atoms with Crippen molar-refractivity contribution in [2.75, 3.05) is 0 Å². The van der Waals surface area contributed by atoms with E-state index >= 15 is 0 Å². The maximum Gasteiger partial charge on any atom is 0.273 e. The number of rotatable bonds is 3. The Morgan fingerprint density at radius 2 is 1.41 bits per heavy atom. The molecule has 0 nitrogen and oxygen atoms in total. The Morgan fingerprint density at radius 3 is 2.19 bits per heavy atom. The molecule has 4 aromatic rings. The van der Waals surface area contributed by atoms with Gasteiger partial charge in [-0.05, 0) is 34.5 Å². The van der Waals surface area contributed by atoms with E-state index in [1.54, 1.807) is 18.2 Å². The summed E-state index contributed by atoms with van der Waals surface area (Å²) in [5.41, 5.74) is 0.457. The van der Waals surface area contributed by atoms with E-state index in [1.807, 2.05) is 30.3 Å². The molecule has 32 heavy (non-hydrogen) atoms. The van der Waals surface area contributed by atoms with Gasteiger partial charge in [-0.15, -0.1) is 0 Å². The van der Waals surface area contributed by atoms with Gasteiger partial charge in [0.25, 0.3) is 5.92 Å². The summed E-state index contributed by atoms with van der Waals surface area (Å²) in [6.07, 6.45) is -0.417. The lowest BCUT2D eigenvalue weighted by Gasteiger charge is -2.21. The normalized spacial score (nSPS) is 11.3. The summed E-state index contributed by atoms with van der Waals surface area (Å²) in [5, 5.41) is 1.63. The van der Waals surface area contributed by atoms with E-state index in [4.69, 9.17) is 0 Å². The highest BCUT2D eigenvalue weighted by Crippen LogP contribution is 2.42. The Balaban J connectivity index is 2.00. The predicted octanol–water partition coefficient (Wildman–Crippen LogP) is 7.83. The van der Waals surface area contributed by atoms with Gasteiger partial charge in [0.05, 0.1) is 5.56 Å². The van der Waals surface area contributed by atoms with Crippen molar-refractivity contribution in [2.24, 2.45) is 0 Å². The highest BCUT2D eigenvalue weighted by molar-refractivity contribution is 5.98. The second-order valence-corrected chi connectivity index (χ2v) is 7.29. The molecule has 5 heteroatoms. The van der Waals surface area contributed by atoms with Gasteiger partial charge in [0.1, 0.15) is 0 Å². The summed E-state index contributed by atoms with van der Waals surface area (Å²) in [5.74, 6) is -2.32. The van der Waals surface area contributed by atoms with Crippen LogP contribution in [0.5, 0.6) is 0 Å². The molecule has 0 saturated heterocycles. The van der Waals surface area contributed by atoms with Crippen molar-refractivity contribution in [3.05, 3.63) is 107 Å². The van der Waals surface area contributed by atoms with Crippen LogP contribution in [0.25, 0.3) is 21.9 Å². The summed E-state index contributed by atoms with van der Waals surface area (Å²) in [6, 6.07) is 18.9. The predicted molar refractivity (Wildman–Crippen MR) is 116 cm³/mol. The summed E-state index contributed by atoms with van der Waals surface area (Å²) >= 11 is 0. The number of fused-ring (bicyclic) bond motifs is 1. The molecule has 0 saturated carbocycles. The van der Waals surface area contributed by atoms with Crippen LogP contribution in [-0.4, -0.2) is 0 Å². The van der Waals surface area contributed by atoms with Crippen LogP contribution in [0.1, 0.15) is 30.0 Å². The lowest BCUT2D eigenvalue weighted by atomic mass is 9.88. The maximum atomic E-state index is 14.9. The molecular weight excluding hydrogens is 419 g/mol. The number of benzene rings is 4. The summed E-state index contributed by atoms with van der Waals surface area (Å²) in [4.78, 5) is 0. The van der Waals surface area contributed by atoms with Gasteiger partial charge in [-0.2, -0.15) is 0 Å². The first-order valence-electron chi connectivity index (χ1n) is 9.98. The minimum Gasteiger partial charge on any atom is -0.204 e. The topological polar surface area (TPSA) is 0 Å². The molecular formula is C27H17F5. The highest BCUT2D eigenvalue weighted by atomic mass is 19.3. The van der Waals surface area contributed by atoms with Crippen LogP contribution in [0.3, 0.4) is 0 Å². The van der Waals surface area contributed by atoms with Crippen molar-refractivity contribution in [3.8, 4) is 23.0 Å². The van der Waals surface area contributed by atoms with Crippen LogP contribution in [0, 0.1) is 29.3 Å². The smallest absolute Gasteiger partial charge is 0.204 e. The monoisotopic (exact) mass is 436 g/mol. The number of halogens is 5. The van der Waals surface area contributed by atoms with Crippen molar-refractivity contribution in [3.63, 3.8) is 0 Å². The quantitative estimate of drug-likeness (QED) is 0.174. The third-order valence-electron chi connectivity index (χ3n) is 5.33. The molecule has 0 radical (unpaired) electrons. The van der Waals surface area contributed by atoms with Crippen LogP contribution < -0.4 is 0 Å². The fraction of sp³-hybridized carbons (Fsp3) is 0.111. The van der Waals surface area contributed by atoms with Crippen molar-refractivity contribution in [1.29, 1.82) is 0 Å². The average molecular weight is 436 g/mol. The van der Waals surface area contributed by atoms with E-state index < -0.39 is 29.8 Å². The molecule has 0 heterocycles. The van der Waals surface area contributed by atoms with E-state index in [-0.39, 0.29) is 22.3 Å². The molecule has 0 bridgehead atoms. The molecule has 4 rings (SSSR count). The SMILES string of the molecule is CCC(F)(F)c1cccc(C#Cc2ccc(F)c(F)c2F)c1-c1cccc2ccccc12. The Kier molecular flexibility index (Phi) is 5.71. The lowest BCUT2D eigenvalue weighted by Crippen LogP contribution is -2.14. The van der Waals surface area contributed by atoms with Gasteiger partial charge in [-0.25, -0.2) is 22.0 Å². The molecule has 0 atom stereocenters. The molecule has 0 aromatic heterocycles. The zero-order chi connectivity index (χ0) is 22.9. The Bertz CT molecular complexity index is 1370. The van der Waals surface area contributed by atoms with Crippen molar-refractivity contribution < 1.29 is 22.0 Å². The third-order valence-corrected chi connectivity index (χ3v) is 5.33. The zero-order valence-electron chi connectivity index (χ0n) is 17.0. The van der Waals surface area contributed by atoms with Gasteiger partial charge in [-0.3, -0.25) is 0 Å². The third kappa shape index (κ3) is 3.85. The molecule has 0 amide bonds. The molecule has 0 unspecified atom stereocenters. The number of hydrogen-bond acceptors (Lipinski definition) is 0. The van der Waals surface area contributed by atoms with Gasteiger partial charge in [0.15, 0.2) is 17.5 Å². The summed E-state index contributed by atoms with van der Waals surface area (Å²) in [7, 11) is 0. The maximum absolute atomic E-state index is 14.9. The van der Waals surface area contributed by atoms with Crippen LogP contribution in [0.4, 0.5) is 22.0 Å². The molecule has 0 spiro atoms. The fourth-order valence-corrected chi connectivity index (χ4v) is 3.64. The molecule has 0 N–H and O–H groups in total. The average Bonchev–Trinajstić information content (AvgIpc) is 2.81. The molecule has 4 aromatic carbocycles. The van der Waals surface area contributed by atoms with E-state index in [2.05, 4.69) is 11.8 Å². The largest absolute Gasteiger partial charge is 0.273 e. The molecule has 0 fully saturated rings. The lowest BCUT2D eigenvalue weighted by molar-refractivity contribution is -0.00769. The molecule has 0 aliphatic heterocycles. The Morgan fingerprint density at radius 1 is 0.719 bits per heavy atom. The Labute approximate surface area is 182 Å². The van der Waals surface area contributed by atoms with Crippen LogP contribution in [0.2, 0.25) is 0 Å². The van der Waals surface area contributed by atoms with Crippen LogP contribution in [0.15, 0.2) is 72.8 Å². The standard InChI is InChI=1S/C27H17F5/c1-2-27(31,32)22-12-6-9-18(13-14-19-15-16-23(28)26(30)25(19)29)24(22)21-11-5-8-17-7-3-4-10-20(17)21/h3-12,15-16H,2H2,1H3. The van der Waals surface area contributed by atoms with Gasteiger partial charge < -0.3 is 0 Å². The minimum absolute atomic E-state index is 0.200. The van der Waals surface area contributed by atoms with Crippen LogP contribution >= 0.6 is 0 Å². The van der Waals surface area contributed by atoms with E-state index in [0.29, 0.717) is 5.56 Å². The highest BCUT2D eigenvalue weighted by Gasteiger charge is 2.33. The first kappa shape index (κ1) is 21.6. The van der Waals surface area contributed by atoms with Gasteiger partial charge in [-0.1, -0.05) is 73.4 Å². The van der Waals surface area contributed by atoms with Gasteiger partial charge >= 0.3 is 0 Å². The zero-order valence-corrected chi connectivity index (χ0v) is 17.0. The molecule has 0 aliphatic rings. The van der Waals surface area contributed by atoms with E-state index in [1.165, 1.54) is 19.1 Å². The molecule has 0 aliphatic carbocycles. The summed E-state index contributed by atoms with van der Waals surface area (Å²) < 4.78 is 70.8. The second kappa shape index (κ2) is 8.47. The van der Waals surface area contributed by atoms with Crippen molar-refractivity contribution in [1.82, 2.24) is 0 Å². The first-order chi connectivity index (χ1) is 15.3. The van der Waals surface area contributed by atoms with E-state index in [9.17, 15) is 22.0 Å². The van der Waals surface area contributed by atoms with Gasteiger partial charge in [0.2, 0.25) is 0 Å².